The molecule has 0 saturated heterocycles. The first-order valence-electron chi connectivity index (χ1n) is 6.62. The molecule has 2 rings (SSSR count). The Morgan fingerprint density at radius 3 is 2.78 bits per heavy atom. The number of carbonyl (C=O) groups excluding carboxylic acids is 1. The number of amides is 1. The van der Waals surface area contributed by atoms with Crippen molar-refractivity contribution in [1.82, 2.24) is 5.43 Å². The minimum atomic E-state index is -0.359. The first-order valence-corrected chi connectivity index (χ1v) is 8.58. The summed E-state index contributed by atoms with van der Waals surface area (Å²) in [6.07, 6.45) is 1.49. The second-order valence-electron chi connectivity index (χ2n) is 4.64. The van der Waals surface area contributed by atoms with E-state index in [1.54, 1.807) is 12.1 Å². The van der Waals surface area contributed by atoms with Gasteiger partial charge in [-0.15, -0.1) is 0 Å². The highest BCUT2D eigenvalue weighted by Gasteiger charge is 2.09. The van der Waals surface area contributed by atoms with Crippen LogP contribution in [0.5, 0.6) is 5.75 Å². The van der Waals surface area contributed by atoms with Gasteiger partial charge in [-0.2, -0.15) is 5.10 Å². The molecule has 0 radical (unpaired) electrons. The van der Waals surface area contributed by atoms with Gasteiger partial charge in [-0.05, 0) is 46.6 Å². The normalized spacial score (nSPS) is 10.8. The maximum atomic E-state index is 11.8. The van der Waals surface area contributed by atoms with Crippen LogP contribution in [0.3, 0.4) is 0 Å². The molecule has 0 spiro atoms. The van der Waals surface area contributed by atoms with Crippen molar-refractivity contribution in [3.8, 4) is 5.75 Å². The van der Waals surface area contributed by atoms with Crippen molar-refractivity contribution in [3.63, 3.8) is 0 Å². The van der Waals surface area contributed by atoms with Crippen LogP contribution in [0.1, 0.15) is 11.1 Å². The van der Waals surface area contributed by atoms with Crippen LogP contribution in [0.25, 0.3) is 0 Å². The predicted molar refractivity (Wildman–Crippen MR) is 99.3 cm³/mol. The lowest BCUT2D eigenvalue weighted by Crippen LogP contribution is -2.24. The Hall–Kier alpha value is -1.37. The molecule has 1 N–H and O–H groups in total. The summed E-state index contributed by atoms with van der Waals surface area (Å²) in [6.45, 7) is 1.76. The highest BCUT2D eigenvalue weighted by molar-refractivity contribution is 9.11. The van der Waals surface area contributed by atoms with Crippen LogP contribution in [0.4, 0.5) is 0 Å². The van der Waals surface area contributed by atoms with Gasteiger partial charge in [-0.25, -0.2) is 5.43 Å². The van der Waals surface area contributed by atoms with E-state index in [0.717, 1.165) is 20.1 Å². The second kappa shape index (κ2) is 8.47. The smallest absolute Gasteiger partial charge is 0.277 e. The summed E-state index contributed by atoms with van der Waals surface area (Å²) in [5, 5.41) is 4.43. The van der Waals surface area contributed by atoms with Gasteiger partial charge in [0, 0.05) is 15.1 Å². The maximum absolute atomic E-state index is 11.8. The summed E-state index contributed by atoms with van der Waals surface area (Å²) in [5.74, 6) is 0.265. The number of ether oxygens (including phenoxy) is 1. The number of hydrazone groups is 1. The molecule has 4 nitrogen and oxygen atoms in total. The van der Waals surface area contributed by atoms with E-state index in [2.05, 4.69) is 42.4 Å². The zero-order chi connectivity index (χ0) is 16.8. The Morgan fingerprint density at radius 2 is 2.09 bits per heavy atom. The fourth-order valence-electron chi connectivity index (χ4n) is 1.80. The highest BCUT2D eigenvalue weighted by Crippen LogP contribution is 2.32. The number of carbonyl (C=O) groups is 1. The molecule has 0 aliphatic carbocycles. The number of hydrogen-bond donors (Lipinski definition) is 1. The van der Waals surface area contributed by atoms with Gasteiger partial charge in [-0.1, -0.05) is 45.7 Å². The fourth-order valence-corrected chi connectivity index (χ4v) is 3.53. The second-order valence-corrected chi connectivity index (χ2v) is 6.81. The van der Waals surface area contributed by atoms with Gasteiger partial charge in [0.25, 0.3) is 5.91 Å². The molecule has 0 aliphatic heterocycles. The van der Waals surface area contributed by atoms with Crippen LogP contribution in [0, 0.1) is 6.92 Å². The molecule has 7 heteroatoms. The zero-order valence-corrected chi connectivity index (χ0v) is 16.1. The van der Waals surface area contributed by atoms with Gasteiger partial charge >= 0.3 is 0 Å². The third-order valence-electron chi connectivity index (χ3n) is 2.84. The highest BCUT2D eigenvalue weighted by atomic mass is 79.9. The number of rotatable bonds is 5. The number of aryl methyl sites for hydroxylation is 1. The van der Waals surface area contributed by atoms with Crippen molar-refractivity contribution in [2.75, 3.05) is 6.61 Å². The Kier molecular flexibility index (Phi) is 6.62. The van der Waals surface area contributed by atoms with E-state index in [4.69, 9.17) is 16.3 Å². The lowest BCUT2D eigenvalue weighted by Gasteiger charge is -2.10. The van der Waals surface area contributed by atoms with Crippen molar-refractivity contribution >= 4 is 55.6 Å². The molecule has 2 aromatic rings. The Morgan fingerprint density at radius 1 is 1.35 bits per heavy atom. The summed E-state index contributed by atoms with van der Waals surface area (Å²) in [7, 11) is 0. The van der Waals surface area contributed by atoms with Gasteiger partial charge in [-0.3, -0.25) is 4.79 Å². The molecule has 0 heterocycles. The van der Waals surface area contributed by atoms with Gasteiger partial charge in [0.05, 0.1) is 10.7 Å². The summed E-state index contributed by atoms with van der Waals surface area (Å²) >= 11 is 12.8. The molecule has 0 aromatic heterocycles. The minimum Gasteiger partial charge on any atom is -0.482 e. The molecular weight excluding hydrogens is 447 g/mol. The van der Waals surface area contributed by atoms with Crippen LogP contribution in [-0.4, -0.2) is 18.7 Å². The number of hydrogen-bond acceptors (Lipinski definition) is 3. The zero-order valence-electron chi connectivity index (χ0n) is 12.1. The van der Waals surface area contributed by atoms with Gasteiger partial charge in [0.1, 0.15) is 5.75 Å². The average molecular weight is 461 g/mol. The summed E-state index contributed by atoms with van der Waals surface area (Å²) in [6, 6.07) is 11.0. The average Bonchev–Trinajstić information content (AvgIpc) is 2.48. The number of nitrogens with zero attached hydrogens (tertiary/aromatic N) is 1. The van der Waals surface area contributed by atoms with Crippen molar-refractivity contribution in [2.24, 2.45) is 5.10 Å². The first kappa shape index (κ1) is 18.0. The molecule has 120 valence electrons. The molecular formula is C16H13Br2ClN2O2. The molecule has 0 aliphatic rings. The first-order chi connectivity index (χ1) is 11.0. The van der Waals surface area contributed by atoms with Crippen LogP contribution in [-0.2, 0) is 4.79 Å². The Bertz CT molecular complexity index is 728. The lowest BCUT2D eigenvalue weighted by atomic mass is 10.2. The maximum Gasteiger partial charge on any atom is 0.277 e. The van der Waals surface area contributed by atoms with Crippen LogP contribution >= 0.6 is 43.5 Å². The van der Waals surface area contributed by atoms with E-state index < -0.39 is 0 Å². The van der Waals surface area contributed by atoms with Crippen molar-refractivity contribution in [1.29, 1.82) is 0 Å². The van der Waals surface area contributed by atoms with E-state index in [1.165, 1.54) is 6.21 Å². The minimum absolute atomic E-state index is 0.138. The molecule has 0 saturated carbocycles. The van der Waals surface area contributed by atoms with E-state index in [9.17, 15) is 4.79 Å². The predicted octanol–water partition coefficient (Wildman–Crippen LogP) is 4.70. The largest absolute Gasteiger partial charge is 0.482 e. The van der Waals surface area contributed by atoms with Crippen molar-refractivity contribution in [3.05, 3.63) is 61.5 Å². The van der Waals surface area contributed by atoms with E-state index in [1.807, 2.05) is 31.2 Å². The summed E-state index contributed by atoms with van der Waals surface area (Å²) in [5.41, 5.74) is 4.04. The Balaban J connectivity index is 1.90. The van der Waals surface area contributed by atoms with E-state index in [-0.39, 0.29) is 12.5 Å². The van der Waals surface area contributed by atoms with Crippen molar-refractivity contribution in [2.45, 2.75) is 6.92 Å². The van der Waals surface area contributed by atoms with Crippen LogP contribution in [0.15, 0.2) is 50.4 Å². The molecule has 2 aromatic carbocycles. The topological polar surface area (TPSA) is 50.7 Å². The molecule has 1 amide bonds. The third-order valence-corrected chi connectivity index (χ3v) is 4.23. The molecule has 0 atom stereocenters. The van der Waals surface area contributed by atoms with Gasteiger partial charge in [0.15, 0.2) is 6.61 Å². The molecule has 0 fully saturated rings. The SMILES string of the molecule is Cc1cc(Br)cc(Br)c1OCC(=O)N/N=C/c1ccccc1Cl. The summed E-state index contributed by atoms with van der Waals surface area (Å²) in [4.78, 5) is 11.8. The van der Waals surface area contributed by atoms with Crippen LogP contribution < -0.4 is 10.2 Å². The van der Waals surface area contributed by atoms with Gasteiger partial charge < -0.3 is 4.74 Å². The third kappa shape index (κ3) is 5.34. The molecule has 0 unspecified atom stereocenters. The quantitative estimate of drug-likeness (QED) is 0.519. The summed E-state index contributed by atoms with van der Waals surface area (Å²) < 4.78 is 7.24. The number of nitrogens with one attached hydrogen (secondary N) is 1. The number of benzene rings is 2. The molecule has 23 heavy (non-hydrogen) atoms. The fraction of sp³-hybridized carbons (Fsp3) is 0.125. The number of halogens is 3. The van der Waals surface area contributed by atoms with Crippen molar-refractivity contribution < 1.29 is 9.53 Å². The molecule has 0 bridgehead atoms. The van der Waals surface area contributed by atoms with Crippen LogP contribution in [0.2, 0.25) is 5.02 Å². The monoisotopic (exact) mass is 458 g/mol. The van der Waals surface area contributed by atoms with Gasteiger partial charge in [0.2, 0.25) is 0 Å². The van der Waals surface area contributed by atoms with E-state index in [0.29, 0.717) is 10.8 Å². The lowest BCUT2D eigenvalue weighted by molar-refractivity contribution is -0.123. The van der Waals surface area contributed by atoms with E-state index >= 15 is 0 Å². The standard InChI is InChI=1S/C16H13Br2ClN2O2/c1-10-6-12(17)7-13(18)16(10)23-9-15(22)21-20-8-11-4-2-3-5-14(11)19/h2-8H,9H2,1H3,(H,21,22)/b20-8+. The Labute approximate surface area is 156 Å².